The van der Waals surface area contributed by atoms with Crippen molar-refractivity contribution >= 4 is 39.4 Å². The number of hydrogen-bond acceptors (Lipinski definition) is 5. The van der Waals surface area contributed by atoms with Gasteiger partial charge < -0.3 is 4.74 Å². The quantitative estimate of drug-likeness (QED) is 0.795. The molecule has 0 aliphatic rings. The van der Waals surface area contributed by atoms with E-state index in [1.54, 1.807) is 6.92 Å². The first-order valence-corrected chi connectivity index (χ1v) is 4.76. The van der Waals surface area contributed by atoms with Gasteiger partial charge in [0.15, 0.2) is 5.13 Å². The molecule has 0 aliphatic heterocycles. The number of nitrogens with zero attached hydrogens (tertiary/aromatic N) is 1. The van der Waals surface area contributed by atoms with Crippen LogP contribution in [0.2, 0.25) is 0 Å². The molecule has 1 amide bonds. The van der Waals surface area contributed by atoms with Crippen molar-refractivity contribution in [3.05, 3.63) is 10.6 Å². The lowest BCUT2D eigenvalue weighted by Crippen LogP contribution is -2.10. The monoisotopic (exact) mass is 234 g/mol. The lowest BCUT2D eigenvalue weighted by molar-refractivity contribution is 0.108. The molecule has 0 bridgehead atoms. The number of methoxy groups -OCH3 is 1. The summed E-state index contributed by atoms with van der Waals surface area (Å²) in [5, 5.41) is 2.05. The number of carbonyl (C=O) groups excluding carboxylic acids is 2. The summed E-state index contributed by atoms with van der Waals surface area (Å²) in [6.07, 6.45) is -0.632. The molecule has 1 aromatic heterocycles. The van der Waals surface area contributed by atoms with Gasteiger partial charge in [-0.2, -0.15) is 0 Å². The van der Waals surface area contributed by atoms with Crippen LogP contribution in [0.15, 0.2) is 0 Å². The van der Waals surface area contributed by atoms with Gasteiger partial charge in [-0.3, -0.25) is 10.1 Å². The average molecular weight is 235 g/mol. The Morgan fingerprint density at radius 2 is 2.21 bits per heavy atom. The molecule has 0 saturated carbocycles. The molecular weight excluding hydrogens is 228 g/mol. The number of aryl methyl sites for hydroxylation is 1. The highest BCUT2D eigenvalue weighted by Gasteiger charge is 2.14. The van der Waals surface area contributed by atoms with Crippen LogP contribution in [0.3, 0.4) is 0 Å². The van der Waals surface area contributed by atoms with Crippen LogP contribution in [-0.2, 0) is 4.74 Å². The Bertz CT molecular complexity index is 377. The number of halogens is 1. The highest BCUT2D eigenvalue weighted by molar-refractivity contribution is 7.19. The predicted molar refractivity (Wildman–Crippen MR) is 53.1 cm³/mol. The molecule has 0 radical (unpaired) electrons. The molecule has 0 spiro atoms. The summed E-state index contributed by atoms with van der Waals surface area (Å²) >= 11 is 6.29. The first kappa shape index (κ1) is 10.9. The molecule has 76 valence electrons. The Kier molecular flexibility index (Phi) is 3.43. The zero-order valence-corrected chi connectivity index (χ0v) is 9.03. The summed E-state index contributed by atoms with van der Waals surface area (Å²) in [4.78, 5) is 25.9. The van der Waals surface area contributed by atoms with Crippen LogP contribution in [-0.4, -0.2) is 23.4 Å². The van der Waals surface area contributed by atoms with Crippen molar-refractivity contribution in [3.63, 3.8) is 0 Å². The predicted octanol–water partition coefficient (Wildman–Crippen LogP) is 2.01. The van der Waals surface area contributed by atoms with Crippen molar-refractivity contribution in [3.8, 4) is 0 Å². The largest absolute Gasteiger partial charge is 0.453 e. The normalized spacial score (nSPS) is 9.64. The smallest absolute Gasteiger partial charge is 0.413 e. The van der Waals surface area contributed by atoms with Gasteiger partial charge in [0.05, 0.1) is 12.8 Å². The second kappa shape index (κ2) is 4.39. The van der Waals surface area contributed by atoms with Crippen LogP contribution in [0.25, 0.3) is 0 Å². The first-order chi connectivity index (χ1) is 6.54. The molecule has 14 heavy (non-hydrogen) atoms. The van der Waals surface area contributed by atoms with Gasteiger partial charge in [0.25, 0.3) is 5.24 Å². The number of nitrogens with one attached hydrogen (secondary N) is 1. The molecule has 0 saturated heterocycles. The SMILES string of the molecule is COC(=O)Nc1nc(C)c(C(=O)Cl)s1. The molecular formula is C7H7ClN2O3S. The first-order valence-electron chi connectivity index (χ1n) is 3.57. The number of ether oxygens (including phenoxy) is 1. The molecule has 1 rings (SSSR count). The molecule has 7 heteroatoms. The third-order valence-corrected chi connectivity index (χ3v) is 2.74. The maximum atomic E-state index is 10.8. The lowest BCUT2D eigenvalue weighted by Gasteiger charge is -1.96. The van der Waals surface area contributed by atoms with Gasteiger partial charge in [-0.05, 0) is 18.5 Å². The minimum absolute atomic E-state index is 0.290. The van der Waals surface area contributed by atoms with Crippen molar-refractivity contribution in [1.29, 1.82) is 0 Å². The van der Waals surface area contributed by atoms with Gasteiger partial charge in [0, 0.05) is 0 Å². The molecule has 0 fully saturated rings. The lowest BCUT2D eigenvalue weighted by atomic mass is 10.4. The number of rotatable bonds is 2. The Morgan fingerprint density at radius 1 is 1.57 bits per heavy atom. The summed E-state index contributed by atoms with van der Waals surface area (Å²) in [5.41, 5.74) is 0.487. The van der Waals surface area contributed by atoms with Crippen LogP contribution in [0.1, 0.15) is 15.4 Å². The Morgan fingerprint density at radius 3 is 2.64 bits per heavy atom. The van der Waals surface area contributed by atoms with Crippen molar-refractivity contribution in [2.24, 2.45) is 0 Å². The van der Waals surface area contributed by atoms with E-state index in [-0.39, 0.29) is 0 Å². The Labute approximate surface area is 89.0 Å². The standard InChI is InChI=1S/C7H7ClN2O3S/c1-3-4(5(8)11)14-6(9-3)10-7(12)13-2/h1-2H3,(H,9,10,12). The van der Waals surface area contributed by atoms with Crippen molar-refractivity contribution in [2.45, 2.75) is 6.92 Å². The number of carbonyl (C=O) groups is 2. The van der Waals surface area contributed by atoms with Gasteiger partial charge in [0.1, 0.15) is 4.88 Å². The molecule has 1 heterocycles. The van der Waals surface area contributed by atoms with E-state index >= 15 is 0 Å². The Balaban J connectivity index is 2.86. The van der Waals surface area contributed by atoms with Crippen LogP contribution in [0, 0.1) is 6.92 Å². The molecule has 0 unspecified atom stereocenters. The summed E-state index contributed by atoms with van der Waals surface area (Å²) < 4.78 is 4.36. The second-order valence-electron chi connectivity index (χ2n) is 2.32. The number of amides is 1. The topological polar surface area (TPSA) is 68.3 Å². The maximum absolute atomic E-state index is 10.8. The van der Waals surface area contributed by atoms with Crippen LogP contribution < -0.4 is 5.32 Å². The molecule has 0 aromatic carbocycles. The van der Waals surface area contributed by atoms with E-state index in [1.165, 1.54) is 7.11 Å². The second-order valence-corrected chi connectivity index (χ2v) is 3.67. The molecule has 0 aliphatic carbocycles. The van der Waals surface area contributed by atoms with Gasteiger partial charge in [-0.1, -0.05) is 11.3 Å². The van der Waals surface area contributed by atoms with Gasteiger partial charge in [-0.15, -0.1) is 0 Å². The van der Waals surface area contributed by atoms with Crippen LogP contribution in [0.4, 0.5) is 9.93 Å². The average Bonchev–Trinajstić information content (AvgIpc) is 2.46. The number of hydrogen-bond donors (Lipinski definition) is 1. The van der Waals surface area contributed by atoms with Crippen molar-refractivity contribution in [1.82, 2.24) is 4.98 Å². The zero-order valence-electron chi connectivity index (χ0n) is 7.46. The van der Waals surface area contributed by atoms with E-state index in [2.05, 4.69) is 15.0 Å². The zero-order chi connectivity index (χ0) is 10.7. The molecule has 0 atom stereocenters. The minimum atomic E-state index is -0.632. The fourth-order valence-corrected chi connectivity index (χ4v) is 1.81. The van der Waals surface area contributed by atoms with Crippen LogP contribution in [0.5, 0.6) is 0 Å². The third kappa shape index (κ3) is 2.43. The fraction of sp³-hybridized carbons (Fsp3) is 0.286. The number of thiazole rings is 1. The summed E-state index contributed by atoms with van der Waals surface area (Å²) in [6.45, 7) is 1.63. The van der Waals surface area contributed by atoms with Crippen molar-refractivity contribution < 1.29 is 14.3 Å². The maximum Gasteiger partial charge on any atom is 0.413 e. The molecule has 5 nitrogen and oxygen atoms in total. The highest BCUT2D eigenvalue weighted by atomic mass is 35.5. The van der Waals surface area contributed by atoms with Gasteiger partial charge >= 0.3 is 6.09 Å². The molecule has 1 aromatic rings. The summed E-state index contributed by atoms with van der Waals surface area (Å²) in [5.74, 6) is 0. The fourth-order valence-electron chi connectivity index (χ4n) is 0.771. The minimum Gasteiger partial charge on any atom is -0.453 e. The molecule has 1 N–H and O–H groups in total. The highest BCUT2D eigenvalue weighted by Crippen LogP contribution is 2.23. The summed E-state index contributed by atoms with van der Waals surface area (Å²) in [7, 11) is 1.24. The van der Waals surface area contributed by atoms with E-state index < -0.39 is 11.3 Å². The van der Waals surface area contributed by atoms with E-state index in [0.717, 1.165) is 11.3 Å². The van der Waals surface area contributed by atoms with Gasteiger partial charge in [0.2, 0.25) is 0 Å². The van der Waals surface area contributed by atoms with E-state index in [1.807, 2.05) is 0 Å². The van der Waals surface area contributed by atoms with E-state index in [0.29, 0.717) is 15.7 Å². The third-order valence-electron chi connectivity index (χ3n) is 1.37. The summed E-state index contributed by atoms with van der Waals surface area (Å²) in [6, 6.07) is 0. The van der Waals surface area contributed by atoms with Crippen LogP contribution >= 0.6 is 22.9 Å². The number of anilines is 1. The van der Waals surface area contributed by atoms with E-state index in [4.69, 9.17) is 11.6 Å². The van der Waals surface area contributed by atoms with Crippen molar-refractivity contribution in [2.75, 3.05) is 12.4 Å². The Hall–Kier alpha value is -1.14. The van der Waals surface area contributed by atoms with E-state index in [9.17, 15) is 9.59 Å². The number of aromatic nitrogens is 1. The van der Waals surface area contributed by atoms with Gasteiger partial charge in [-0.25, -0.2) is 9.78 Å².